The Hall–Kier alpha value is -2.35. The van der Waals surface area contributed by atoms with Gasteiger partial charge in [0.1, 0.15) is 5.92 Å². The van der Waals surface area contributed by atoms with Crippen molar-refractivity contribution in [3.05, 3.63) is 35.9 Å². The van der Waals surface area contributed by atoms with E-state index in [1.807, 2.05) is 12.1 Å². The maximum atomic E-state index is 11.9. The van der Waals surface area contributed by atoms with Crippen molar-refractivity contribution in [2.75, 3.05) is 7.11 Å². The van der Waals surface area contributed by atoms with Crippen LogP contribution in [-0.4, -0.2) is 19.0 Å². The van der Waals surface area contributed by atoms with Crippen LogP contribution < -0.4 is 5.32 Å². The number of ether oxygens (including phenoxy) is 1. The Morgan fingerprint density at radius 3 is 2.47 bits per heavy atom. The third-order valence-electron chi connectivity index (χ3n) is 2.74. The van der Waals surface area contributed by atoms with Crippen LogP contribution in [0.1, 0.15) is 24.9 Å². The van der Waals surface area contributed by atoms with E-state index in [1.165, 1.54) is 7.11 Å². The first kappa shape index (κ1) is 14.7. The minimum absolute atomic E-state index is 0.394. The summed E-state index contributed by atoms with van der Waals surface area (Å²) in [5.74, 6) is -1.80. The Labute approximate surface area is 112 Å². The minimum atomic E-state index is -0.888. The lowest BCUT2D eigenvalue weighted by molar-refractivity contribution is -0.145. The number of carbonyl (C=O) groups is 2. The predicted octanol–water partition coefficient (Wildman–Crippen LogP) is 1.57. The van der Waals surface area contributed by atoms with E-state index in [9.17, 15) is 9.59 Å². The van der Waals surface area contributed by atoms with E-state index in [2.05, 4.69) is 10.1 Å². The van der Waals surface area contributed by atoms with E-state index in [4.69, 9.17) is 5.26 Å². The van der Waals surface area contributed by atoms with E-state index in [-0.39, 0.29) is 0 Å². The van der Waals surface area contributed by atoms with Gasteiger partial charge in [-0.15, -0.1) is 0 Å². The van der Waals surface area contributed by atoms with Crippen molar-refractivity contribution in [2.24, 2.45) is 5.92 Å². The third-order valence-corrected chi connectivity index (χ3v) is 2.74. The van der Waals surface area contributed by atoms with Crippen molar-refractivity contribution in [1.29, 1.82) is 5.26 Å². The standard InChI is InChI=1S/C14H16N2O3/c1-3-10(9-15)13(17)16-12(14(18)19-2)11-7-5-4-6-8-11/h4-8,10,12H,3H2,1-2H3,(H,16,17)/t10-,12+/m1/s1. The zero-order chi connectivity index (χ0) is 14.3. The molecule has 1 rings (SSSR count). The van der Waals surface area contributed by atoms with Crippen LogP contribution in [0.3, 0.4) is 0 Å². The predicted molar refractivity (Wildman–Crippen MR) is 68.7 cm³/mol. The Morgan fingerprint density at radius 2 is 2.00 bits per heavy atom. The number of rotatable bonds is 5. The summed E-state index contributed by atoms with van der Waals surface area (Å²) in [7, 11) is 1.26. The number of methoxy groups -OCH3 is 1. The van der Waals surface area contributed by atoms with Crippen LogP contribution in [0.4, 0.5) is 0 Å². The molecule has 0 bridgehead atoms. The quantitative estimate of drug-likeness (QED) is 0.815. The number of nitriles is 1. The van der Waals surface area contributed by atoms with Gasteiger partial charge < -0.3 is 10.1 Å². The maximum absolute atomic E-state index is 11.9. The average molecular weight is 260 g/mol. The van der Waals surface area contributed by atoms with Crippen molar-refractivity contribution in [3.63, 3.8) is 0 Å². The van der Waals surface area contributed by atoms with Crippen molar-refractivity contribution in [2.45, 2.75) is 19.4 Å². The molecule has 1 amide bonds. The lowest BCUT2D eigenvalue weighted by atomic mass is 10.0. The van der Waals surface area contributed by atoms with Crippen LogP contribution in [0.25, 0.3) is 0 Å². The molecule has 0 radical (unpaired) electrons. The van der Waals surface area contributed by atoms with Gasteiger partial charge in [0, 0.05) is 0 Å². The van der Waals surface area contributed by atoms with Crippen LogP contribution in [-0.2, 0) is 14.3 Å². The molecule has 0 fully saturated rings. The summed E-state index contributed by atoms with van der Waals surface area (Å²) in [6.45, 7) is 1.74. The Kier molecular flexibility index (Phi) is 5.55. The SMILES string of the molecule is CC[C@H](C#N)C(=O)N[C@H](C(=O)OC)c1ccccc1. The highest BCUT2D eigenvalue weighted by molar-refractivity contribution is 5.87. The lowest BCUT2D eigenvalue weighted by Gasteiger charge is -2.18. The zero-order valence-corrected chi connectivity index (χ0v) is 10.9. The van der Waals surface area contributed by atoms with Gasteiger partial charge in [-0.2, -0.15) is 5.26 Å². The molecule has 5 nitrogen and oxygen atoms in total. The van der Waals surface area contributed by atoms with E-state index in [0.717, 1.165) is 0 Å². The van der Waals surface area contributed by atoms with Gasteiger partial charge in [-0.05, 0) is 12.0 Å². The number of amides is 1. The number of esters is 1. The molecule has 0 unspecified atom stereocenters. The minimum Gasteiger partial charge on any atom is -0.467 e. The Balaban J connectivity index is 2.92. The summed E-state index contributed by atoms with van der Waals surface area (Å²) in [5.41, 5.74) is 0.621. The molecule has 19 heavy (non-hydrogen) atoms. The van der Waals surface area contributed by atoms with Gasteiger partial charge in [0.05, 0.1) is 13.2 Å². The van der Waals surface area contributed by atoms with Gasteiger partial charge in [-0.3, -0.25) is 4.79 Å². The average Bonchev–Trinajstić information content (AvgIpc) is 2.46. The highest BCUT2D eigenvalue weighted by atomic mass is 16.5. The molecule has 1 aromatic rings. The Bertz CT molecular complexity index is 479. The van der Waals surface area contributed by atoms with Crippen molar-refractivity contribution in [1.82, 2.24) is 5.32 Å². The highest BCUT2D eigenvalue weighted by Crippen LogP contribution is 2.15. The molecule has 0 spiro atoms. The highest BCUT2D eigenvalue weighted by Gasteiger charge is 2.26. The number of nitrogens with one attached hydrogen (secondary N) is 1. The molecular weight excluding hydrogens is 244 g/mol. The molecule has 0 aromatic heterocycles. The smallest absolute Gasteiger partial charge is 0.333 e. The van der Waals surface area contributed by atoms with E-state index >= 15 is 0 Å². The second-order valence-corrected chi connectivity index (χ2v) is 3.97. The molecule has 100 valence electrons. The molecule has 0 saturated carbocycles. The fourth-order valence-electron chi connectivity index (χ4n) is 1.62. The first-order valence-electron chi connectivity index (χ1n) is 5.96. The molecule has 5 heteroatoms. The fraction of sp³-hybridized carbons (Fsp3) is 0.357. The molecule has 0 aliphatic heterocycles. The number of nitrogens with zero attached hydrogens (tertiary/aromatic N) is 1. The van der Waals surface area contributed by atoms with Gasteiger partial charge in [-0.25, -0.2) is 4.79 Å². The zero-order valence-electron chi connectivity index (χ0n) is 10.9. The third kappa shape index (κ3) is 3.81. The van der Waals surface area contributed by atoms with Gasteiger partial charge in [0.2, 0.25) is 5.91 Å². The molecule has 0 heterocycles. The van der Waals surface area contributed by atoms with Gasteiger partial charge in [0.15, 0.2) is 6.04 Å². The van der Waals surface area contributed by atoms with Crippen LogP contribution in [0.15, 0.2) is 30.3 Å². The summed E-state index contributed by atoms with van der Waals surface area (Å²) in [4.78, 5) is 23.6. The lowest BCUT2D eigenvalue weighted by Crippen LogP contribution is -2.37. The maximum Gasteiger partial charge on any atom is 0.333 e. The van der Waals surface area contributed by atoms with Crippen molar-refractivity contribution >= 4 is 11.9 Å². The monoisotopic (exact) mass is 260 g/mol. The molecule has 1 aromatic carbocycles. The number of hydrogen-bond acceptors (Lipinski definition) is 4. The van der Waals surface area contributed by atoms with E-state index < -0.39 is 23.8 Å². The van der Waals surface area contributed by atoms with Crippen molar-refractivity contribution in [3.8, 4) is 6.07 Å². The summed E-state index contributed by atoms with van der Waals surface area (Å²) < 4.78 is 4.68. The van der Waals surface area contributed by atoms with Crippen LogP contribution in [0, 0.1) is 17.2 Å². The number of carbonyl (C=O) groups excluding carboxylic acids is 2. The van der Waals surface area contributed by atoms with Crippen LogP contribution in [0.5, 0.6) is 0 Å². The topological polar surface area (TPSA) is 79.2 Å². The van der Waals surface area contributed by atoms with Gasteiger partial charge in [-0.1, -0.05) is 37.3 Å². The van der Waals surface area contributed by atoms with Crippen molar-refractivity contribution < 1.29 is 14.3 Å². The van der Waals surface area contributed by atoms with Crippen LogP contribution in [0.2, 0.25) is 0 Å². The molecule has 0 aliphatic rings. The number of hydrogen-bond donors (Lipinski definition) is 1. The largest absolute Gasteiger partial charge is 0.467 e. The van der Waals surface area contributed by atoms with Crippen LogP contribution >= 0.6 is 0 Å². The first-order valence-corrected chi connectivity index (χ1v) is 5.96. The normalized spacial score (nSPS) is 12.9. The summed E-state index contributed by atoms with van der Waals surface area (Å²) in [6.07, 6.45) is 0.394. The van der Waals surface area contributed by atoms with E-state index in [0.29, 0.717) is 12.0 Å². The second-order valence-electron chi connectivity index (χ2n) is 3.97. The summed E-state index contributed by atoms with van der Waals surface area (Å²) in [5, 5.41) is 11.4. The summed E-state index contributed by atoms with van der Waals surface area (Å²) >= 11 is 0. The fourth-order valence-corrected chi connectivity index (χ4v) is 1.62. The van der Waals surface area contributed by atoms with E-state index in [1.54, 1.807) is 31.2 Å². The molecule has 0 aliphatic carbocycles. The second kappa shape index (κ2) is 7.17. The Morgan fingerprint density at radius 1 is 1.37 bits per heavy atom. The summed E-state index contributed by atoms with van der Waals surface area (Å²) in [6, 6.07) is 9.78. The molecule has 1 N–H and O–H groups in total. The molecular formula is C14H16N2O3. The first-order chi connectivity index (χ1) is 9.13. The number of benzene rings is 1. The molecule has 2 atom stereocenters. The van der Waals surface area contributed by atoms with Gasteiger partial charge >= 0.3 is 5.97 Å². The van der Waals surface area contributed by atoms with Gasteiger partial charge in [0.25, 0.3) is 0 Å². The molecule has 0 saturated heterocycles.